The maximum absolute atomic E-state index is 12.7. The molecule has 0 saturated heterocycles. The summed E-state index contributed by atoms with van der Waals surface area (Å²) in [4.78, 5) is 49.2. The Bertz CT molecular complexity index is 1020. The van der Waals surface area contributed by atoms with Crippen LogP contribution < -0.4 is 11.0 Å². The highest BCUT2D eigenvalue weighted by Gasteiger charge is 2.38. The molecule has 2 heterocycles. The Morgan fingerprint density at radius 2 is 1.67 bits per heavy atom. The number of halogens is 3. The van der Waals surface area contributed by atoms with Crippen molar-refractivity contribution >= 4 is 17.7 Å². The van der Waals surface area contributed by atoms with E-state index in [9.17, 15) is 32.3 Å². The van der Waals surface area contributed by atoms with Crippen molar-refractivity contribution in [3.8, 4) is 0 Å². The zero-order chi connectivity index (χ0) is 22.1. The number of hydrogen-bond acceptors (Lipinski definition) is 5. The zero-order valence-corrected chi connectivity index (χ0v) is 15.9. The van der Waals surface area contributed by atoms with E-state index in [1.54, 1.807) is 24.3 Å². The number of nitrogens with zero attached hydrogens (tertiary/aromatic N) is 4. The highest BCUT2D eigenvalue weighted by Crippen LogP contribution is 2.26. The maximum atomic E-state index is 12.7. The summed E-state index contributed by atoms with van der Waals surface area (Å²) >= 11 is 0. The molecule has 0 atom stereocenters. The van der Waals surface area contributed by atoms with Crippen molar-refractivity contribution in [3.63, 3.8) is 0 Å². The Morgan fingerprint density at radius 1 is 1.07 bits per heavy atom. The Hall–Kier alpha value is -3.44. The van der Waals surface area contributed by atoms with E-state index in [-0.39, 0.29) is 32.5 Å². The van der Waals surface area contributed by atoms with Gasteiger partial charge >= 0.3 is 11.9 Å². The normalized spacial score (nSPS) is 13.7. The molecule has 0 radical (unpaired) electrons. The molecule has 1 aromatic heterocycles. The predicted molar refractivity (Wildman–Crippen MR) is 96.5 cm³/mol. The van der Waals surface area contributed by atoms with E-state index in [0.29, 0.717) is 20.4 Å². The van der Waals surface area contributed by atoms with E-state index in [0.717, 1.165) is 11.9 Å². The molecular formula is C18H18F3N5O4. The molecule has 160 valence electrons. The highest BCUT2D eigenvalue weighted by molar-refractivity contribution is 6.21. The van der Waals surface area contributed by atoms with E-state index < -0.39 is 35.4 Å². The molecule has 0 fully saturated rings. The number of benzene rings is 1. The Balaban J connectivity index is 1.45. The number of aromatic nitrogens is 3. The first-order chi connectivity index (χ1) is 14.1. The molecule has 30 heavy (non-hydrogen) atoms. The van der Waals surface area contributed by atoms with Crippen molar-refractivity contribution in [1.82, 2.24) is 24.6 Å². The van der Waals surface area contributed by atoms with Gasteiger partial charge in [-0.25, -0.2) is 9.48 Å². The van der Waals surface area contributed by atoms with Crippen molar-refractivity contribution in [2.75, 3.05) is 13.1 Å². The van der Waals surface area contributed by atoms with Crippen molar-refractivity contribution in [3.05, 3.63) is 51.7 Å². The first-order valence-electron chi connectivity index (χ1n) is 9.04. The Kier molecular flexibility index (Phi) is 5.76. The van der Waals surface area contributed by atoms with Gasteiger partial charge in [0.1, 0.15) is 0 Å². The molecule has 1 N–H and O–H groups in total. The second-order valence-electron chi connectivity index (χ2n) is 6.65. The Morgan fingerprint density at radius 3 is 2.20 bits per heavy atom. The van der Waals surface area contributed by atoms with Gasteiger partial charge in [-0.15, -0.1) is 5.10 Å². The van der Waals surface area contributed by atoms with Gasteiger partial charge in [0.05, 0.1) is 17.7 Å². The van der Waals surface area contributed by atoms with Crippen LogP contribution in [0.15, 0.2) is 29.1 Å². The van der Waals surface area contributed by atoms with Crippen LogP contribution in [0.4, 0.5) is 13.2 Å². The number of carbonyl (C=O) groups is 3. The molecule has 1 aliphatic heterocycles. The minimum absolute atomic E-state index is 0.00166. The fraction of sp³-hybridized carbons (Fsp3) is 0.389. The molecule has 1 aromatic carbocycles. The zero-order valence-electron chi connectivity index (χ0n) is 15.9. The summed E-state index contributed by atoms with van der Waals surface area (Å²) in [5, 5.41) is 5.71. The lowest BCUT2D eigenvalue weighted by molar-refractivity contribution is -0.147. The summed E-state index contributed by atoms with van der Waals surface area (Å²) < 4.78 is 39.3. The minimum atomic E-state index is -4.76. The van der Waals surface area contributed by atoms with Gasteiger partial charge in [0.25, 0.3) is 11.8 Å². The van der Waals surface area contributed by atoms with E-state index >= 15 is 0 Å². The van der Waals surface area contributed by atoms with Gasteiger partial charge in [0.15, 0.2) is 0 Å². The highest BCUT2D eigenvalue weighted by atomic mass is 19.4. The van der Waals surface area contributed by atoms with E-state index in [1.807, 2.05) is 0 Å². The molecule has 0 spiro atoms. The summed E-state index contributed by atoms with van der Waals surface area (Å²) in [6, 6.07) is 6.44. The lowest BCUT2D eigenvalue weighted by Crippen LogP contribution is -2.33. The van der Waals surface area contributed by atoms with Crippen LogP contribution in [0, 0.1) is 0 Å². The molecule has 0 unspecified atom stereocenters. The summed E-state index contributed by atoms with van der Waals surface area (Å²) in [7, 11) is 0.965. The lowest BCUT2D eigenvalue weighted by atomic mass is 10.1. The molecular weight excluding hydrogens is 407 g/mol. The summed E-state index contributed by atoms with van der Waals surface area (Å²) in [6.45, 7) is -0.263. The number of hydrogen-bond donors (Lipinski definition) is 1. The monoisotopic (exact) mass is 425 g/mol. The second kappa shape index (κ2) is 8.13. The van der Waals surface area contributed by atoms with Crippen LogP contribution in [0.5, 0.6) is 0 Å². The lowest BCUT2D eigenvalue weighted by Gasteiger charge is -2.13. The van der Waals surface area contributed by atoms with Gasteiger partial charge in [0, 0.05) is 26.6 Å². The molecule has 3 amide bonds. The van der Waals surface area contributed by atoms with Crippen molar-refractivity contribution < 1.29 is 27.6 Å². The van der Waals surface area contributed by atoms with Gasteiger partial charge in [-0.3, -0.25) is 23.9 Å². The molecule has 2 aromatic rings. The number of amides is 3. The van der Waals surface area contributed by atoms with Gasteiger partial charge in [-0.2, -0.15) is 13.2 Å². The smallest absolute Gasteiger partial charge is 0.354 e. The van der Waals surface area contributed by atoms with Crippen LogP contribution in [-0.2, 0) is 24.6 Å². The van der Waals surface area contributed by atoms with Crippen molar-refractivity contribution in [2.45, 2.75) is 25.6 Å². The van der Waals surface area contributed by atoms with Crippen LogP contribution in [0.1, 0.15) is 39.4 Å². The molecule has 12 heteroatoms. The average molecular weight is 425 g/mol. The topological polar surface area (TPSA) is 106 Å². The number of imide groups is 1. The molecule has 0 bridgehead atoms. The number of fused-ring (bicyclic) bond motifs is 1. The third kappa shape index (κ3) is 4.11. The predicted octanol–water partition coefficient (Wildman–Crippen LogP) is 0.793. The van der Waals surface area contributed by atoms with Crippen molar-refractivity contribution in [2.24, 2.45) is 7.05 Å². The largest absolute Gasteiger partial charge is 0.451 e. The van der Waals surface area contributed by atoms with Crippen molar-refractivity contribution in [1.29, 1.82) is 0 Å². The van der Waals surface area contributed by atoms with Gasteiger partial charge in [-0.1, -0.05) is 12.1 Å². The first-order valence-corrected chi connectivity index (χ1v) is 9.04. The quantitative estimate of drug-likeness (QED) is 0.661. The standard InChI is InChI=1S/C18H18F3N5O4/c1-24-16(18(19,20)21)23-26(17(24)30)10-8-22-13(27)7-4-9-25-14(28)11-5-2-3-6-12(11)15(25)29/h2-3,5-6H,4,7-10H2,1H3,(H,22,27). The van der Waals surface area contributed by atoms with Crippen LogP contribution in [0.25, 0.3) is 0 Å². The third-order valence-electron chi connectivity index (χ3n) is 4.60. The van der Waals surface area contributed by atoms with E-state index in [4.69, 9.17) is 0 Å². The first kappa shape index (κ1) is 21.3. The summed E-state index contributed by atoms with van der Waals surface area (Å²) in [5.41, 5.74) is -0.292. The number of alkyl halides is 3. The number of carbonyl (C=O) groups excluding carboxylic acids is 3. The van der Waals surface area contributed by atoms with Crippen LogP contribution in [0.3, 0.4) is 0 Å². The molecule has 0 saturated carbocycles. The van der Waals surface area contributed by atoms with Gasteiger partial charge in [-0.05, 0) is 18.6 Å². The summed E-state index contributed by atoms with van der Waals surface area (Å²) in [5.74, 6) is -2.57. The summed E-state index contributed by atoms with van der Waals surface area (Å²) in [6.07, 6.45) is -4.54. The molecule has 1 aliphatic rings. The van der Waals surface area contributed by atoms with Gasteiger partial charge < -0.3 is 5.32 Å². The number of rotatable bonds is 7. The van der Waals surface area contributed by atoms with Crippen LogP contribution in [0.2, 0.25) is 0 Å². The van der Waals surface area contributed by atoms with E-state index in [2.05, 4.69) is 10.4 Å². The molecule has 9 nitrogen and oxygen atoms in total. The minimum Gasteiger partial charge on any atom is -0.354 e. The fourth-order valence-electron chi connectivity index (χ4n) is 3.11. The van der Waals surface area contributed by atoms with Crippen LogP contribution >= 0.6 is 0 Å². The maximum Gasteiger partial charge on any atom is 0.451 e. The molecule has 3 rings (SSSR count). The fourth-order valence-corrected chi connectivity index (χ4v) is 3.11. The number of nitrogens with one attached hydrogen (secondary N) is 1. The van der Waals surface area contributed by atoms with Gasteiger partial charge in [0.2, 0.25) is 11.7 Å². The average Bonchev–Trinajstić information content (AvgIpc) is 3.11. The molecule has 0 aliphatic carbocycles. The second-order valence-corrected chi connectivity index (χ2v) is 6.65. The third-order valence-corrected chi connectivity index (χ3v) is 4.60. The SMILES string of the molecule is Cn1c(C(F)(F)F)nn(CCNC(=O)CCCN2C(=O)c3ccccc3C2=O)c1=O. The van der Waals surface area contributed by atoms with E-state index in [1.165, 1.54) is 0 Å². The van der Waals surface area contributed by atoms with Crippen LogP contribution in [-0.4, -0.2) is 50.1 Å². The Labute approximate surface area is 168 Å².